The molecule has 306 valence electrons. The van der Waals surface area contributed by atoms with Gasteiger partial charge in [0.05, 0.1) is 4.91 Å². The van der Waals surface area contributed by atoms with Crippen LogP contribution in [0, 0.1) is 0 Å². The summed E-state index contributed by atoms with van der Waals surface area (Å²) in [6.07, 6.45) is 17.2. The number of sulfone groups is 2. The van der Waals surface area contributed by atoms with Crippen LogP contribution < -0.4 is 10.6 Å². The van der Waals surface area contributed by atoms with E-state index in [0.717, 1.165) is 94.1 Å². The highest BCUT2D eigenvalue weighted by Crippen LogP contribution is 2.55. The van der Waals surface area contributed by atoms with Gasteiger partial charge in [0.1, 0.15) is 0 Å². The molecule has 0 aliphatic heterocycles. The van der Waals surface area contributed by atoms with Crippen LogP contribution >= 0.6 is 0 Å². The Bertz CT molecular complexity index is 2620. The third-order valence-electron chi connectivity index (χ3n) is 12.3. The molecule has 8 rings (SSSR count). The van der Waals surface area contributed by atoms with Gasteiger partial charge in [-0.2, -0.15) is 9.97 Å². The van der Waals surface area contributed by atoms with Crippen molar-refractivity contribution in [3.63, 3.8) is 0 Å². The van der Waals surface area contributed by atoms with Gasteiger partial charge >= 0.3 is 0 Å². The van der Waals surface area contributed by atoms with E-state index >= 15 is 0 Å². The van der Waals surface area contributed by atoms with Crippen molar-refractivity contribution in [1.29, 1.82) is 0 Å². The quantitative estimate of drug-likeness (QED) is 0.0922. The molecule has 0 saturated carbocycles. The van der Waals surface area contributed by atoms with E-state index in [0.29, 0.717) is 0 Å². The van der Waals surface area contributed by atoms with E-state index in [4.69, 9.17) is 0 Å². The number of hydrogen-bond donors (Lipinski definition) is 4. The van der Waals surface area contributed by atoms with Crippen molar-refractivity contribution in [3.05, 3.63) is 103 Å². The predicted molar refractivity (Wildman–Crippen MR) is 227 cm³/mol. The van der Waals surface area contributed by atoms with Gasteiger partial charge in [-0.15, -0.1) is 10.2 Å². The number of nitrogens with zero attached hydrogens (tertiary/aromatic N) is 5. The van der Waals surface area contributed by atoms with Crippen molar-refractivity contribution in [1.82, 2.24) is 35.3 Å². The molecular formula is C43H53N9O4S2. The van der Waals surface area contributed by atoms with Crippen LogP contribution in [0.25, 0.3) is 0 Å². The van der Waals surface area contributed by atoms with E-state index in [2.05, 4.69) is 64.6 Å². The summed E-state index contributed by atoms with van der Waals surface area (Å²) in [7, 11) is -3.75. The number of aromatic nitrogens is 6. The Balaban J connectivity index is 1.09. The maximum atomic E-state index is 13.5. The molecule has 15 heteroatoms. The Hall–Kier alpha value is -4.86. The standard InChI is InChI=1S/C43H53N9O4S2/c1-7-10-26(3)57(53,54)42-47-41(49-50-42)45-39-32-14-8-11-28(32)23-30-17-18-34(37(30)39)33-19-20-35-36(33)24-29-12-9-13-31(29)38(35)44-40-46-43(51-48-40)58(55,56)27(4)16-15-25(2)21-22-52(5)6/h7,10,15-16,23-24,33-34H,3,8-9,11-14,17-22H2,1-2,4-6H3,(H2,44,46,48,51)(H2,45,47,49,50)/b10-7-,25-15+,27-16+. The van der Waals surface area contributed by atoms with Crippen LogP contribution in [0.4, 0.5) is 23.3 Å². The molecule has 2 aromatic heterocycles. The largest absolute Gasteiger partial charge is 0.322 e. The van der Waals surface area contributed by atoms with Gasteiger partial charge < -0.3 is 15.5 Å². The summed E-state index contributed by atoms with van der Waals surface area (Å²) in [4.78, 5) is 11.1. The molecule has 2 unspecified atom stereocenters. The van der Waals surface area contributed by atoms with Gasteiger partial charge in [0.15, 0.2) is 0 Å². The van der Waals surface area contributed by atoms with E-state index in [9.17, 15) is 16.8 Å². The number of nitrogens with one attached hydrogen (secondary N) is 4. The molecule has 0 bridgehead atoms. The molecule has 0 spiro atoms. The summed E-state index contributed by atoms with van der Waals surface area (Å²) >= 11 is 0. The van der Waals surface area contributed by atoms with Crippen LogP contribution in [0.2, 0.25) is 0 Å². The first-order valence-corrected chi connectivity index (χ1v) is 23.3. The van der Waals surface area contributed by atoms with Gasteiger partial charge in [0.25, 0.3) is 0 Å². The zero-order valence-corrected chi connectivity index (χ0v) is 35.6. The summed E-state index contributed by atoms with van der Waals surface area (Å²) in [5.74, 6) is 0.968. The first-order valence-electron chi connectivity index (χ1n) is 20.3. The van der Waals surface area contributed by atoms with E-state index in [-0.39, 0.29) is 43.9 Å². The normalized spacial score (nSPS) is 19.2. The van der Waals surface area contributed by atoms with Gasteiger partial charge in [-0.1, -0.05) is 36.4 Å². The van der Waals surface area contributed by atoms with Gasteiger partial charge in [0.2, 0.25) is 41.9 Å². The van der Waals surface area contributed by atoms with E-state index in [1.807, 2.05) is 27.1 Å². The molecule has 2 heterocycles. The van der Waals surface area contributed by atoms with Crippen LogP contribution in [0.3, 0.4) is 0 Å². The Kier molecular flexibility index (Phi) is 10.8. The monoisotopic (exact) mass is 823 g/mol. The summed E-state index contributed by atoms with van der Waals surface area (Å²) in [6.45, 7) is 9.93. The number of H-pyrrole nitrogens is 2. The third kappa shape index (κ3) is 7.36. The topological polar surface area (TPSA) is 179 Å². The Morgan fingerprint density at radius 3 is 2.09 bits per heavy atom. The zero-order valence-electron chi connectivity index (χ0n) is 34.0. The minimum atomic E-state index is -3.91. The number of fused-ring (bicyclic) bond motifs is 4. The van der Waals surface area contributed by atoms with Crippen LogP contribution in [0.1, 0.15) is 109 Å². The average Bonchev–Trinajstić information content (AvgIpc) is 4.04. The lowest BCUT2D eigenvalue weighted by Gasteiger charge is -2.26. The first kappa shape index (κ1) is 39.9. The molecule has 0 saturated heterocycles. The Labute approximate surface area is 341 Å². The minimum Gasteiger partial charge on any atom is -0.322 e. The molecule has 13 nitrogen and oxygen atoms in total. The average molecular weight is 824 g/mol. The van der Waals surface area contributed by atoms with Crippen molar-refractivity contribution >= 4 is 42.9 Å². The number of allylic oxidation sites excluding steroid dienone is 5. The van der Waals surface area contributed by atoms with E-state index in [1.165, 1.54) is 50.6 Å². The van der Waals surface area contributed by atoms with Crippen molar-refractivity contribution in [3.8, 4) is 0 Å². The maximum absolute atomic E-state index is 13.5. The van der Waals surface area contributed by atoms with Crippen LogP contribution in [-0.4, -0.2) is 72.7 Å². The highest BCUT2D eigenvalue weighted by Gasteiger charge is 2.40. The number of benzene rings is 2. The van der Waals surface area contributed by atoms with Crippen LogP contribution in [0.15, 0.2) is 68.7 Å². The van der Waals surface area contributed by atoms with E-state index in [1.54, 1.807) is 26.0 Å². The van der Waals surface area contributed by atoms with Crippen molar-refractivity contribution in [2.75, 3.05) is 31.3 Å². The number of hydrogen-bond acceptors (Lipinski definition) is 11. The van der Waals surface area contributed by atoms with Crippen molar-refractivity contribution in [2.24, 2.45) is 0 Å². The number of rotatable bonds is 14. The molecule has 4 aliphatic carbocycles. The smallest absolute Gasteiger partial charge is 0.249 e. The summed E-state index contributed by atoms with van der Waals surface area (Å²) < 4.78 is 53.3. The second kappa shape index (κ2) is 15.7. The first-order chi connectivity index (χ1) is 27.8. The van der Waals surface area contributed by atoms with Gasteiger partial charge in [-0.25, -0.2) is 27.0 Å². The summed E-state index contributed by atoms with van der Waals surface area (Å²) in [5.41, 5.74) is 13.5. The van der Waals surface area contributed by atoms with E-state index < -0.39 is 19.7 Å². The maximum Gasteiger partial charge on any atom is 0.249 e. The fourth-order valence-electron chi connectivity index (χ4n) is 9.35. The molecule has 58 heavy (non-hydrogen) atoms. The minimum absolute atomic E-state index is 0.0508. The molecule has 0 amide bonds. The second-order valence-electron chi connectivity index (χ2n) is 16.4. The number of aryl methyl sites for hydroxylation is 3. The van der Waals surface area contributed by atoms with Gasteiger partial charge in [-0.3, -0.25) is 0 Å². The lowest BCUT2D eigenvalue weighted by molar-refractivity contribution is 0.413. The molecule has 4 N–H and O–H groups in total. The Morgan fingerprint density at radius 2 is 1.41 bits per heavy atom. The van der Waals surface area contributed by atoms with Crippen molar-refractivity contribution < 1.29 is 16.8 Å². The molecule has 0 fully saturated rings. The lowest BCUT2D eigenvalue weighted by atomic mass is 9.81. The highest BCUT2D eigenvalue weighted by molar-refractivity contribution is 7.95. The highest BCUT2D eigenvalue weighted by atomic mass is 32.2. The fourth-order valence-corrected chi connectivity index (χ4v) is 11.2. The molecule has 4 aliphatic rings. The lowest BCUT2D eigenvalue weighted by Crippen LogP contribution is -2.12. The zero-order chi connectivity index (χ0) is 40.9. The third-order valence-corrected chi connectivity index (χ3v) is 15.5. The molecule has 2 atom stereocenters. The molecular weight excluding hydrogens is 771 g/mol. The van der Waals surface area contributed by atoms with Crippen LogP contribution in [0.5, 0.6) is 0 Å². The summed E-state index contributed by atoms with van der Waals surface area (Å²) in [6, 6.07) is 4.83. The second-order valence-corrected chi connectivity index (χ2v) is 20.4. The predicted octanol–water partition coefficient (Wildman–Crippen LogP) is 7.59. The van der Waals surface area contributed by atoms with Gasteiger partial charge in [0, 0.05) is 22.8 Å². The number of aromatic amines is 2. The molecule has 0 radical (unpaired) electrons. The van der Waals surface area contributed by atoms with Gasteiger partial charge in [-0.05, 0) is 174 Å². The van der Waals surface area contributed by atoms with Crippen molar-refractivity contribution in [2.45, 2.75) is 114 Å². The molecule has 2 aromatic carbocycles. The SMILES string of the molecule is C=C(/C=C\C)S(=O)(=O)c1nc(Nc2c3c(cc4c2C(C2CCc5c2cc2c(c5Nc5n[nH]c(S(=O)(=O)/C(C)=C/C=C(\C)CCN(C)C)n5)CCC2)CC4)CCC3)n[nH]1. The number of anilines is 4. The molecule has 4 aromatic rings. The summed E-state index contributed by atoms with van der Waals surface area (Å²) in [5, 5.41) is 20.6. The fraction of sp³-hybridized carbons (Fsp3) is 0.442. The Morgan fingerprint density at radius 1 is 0.793 bits per heavy atom. The van der Waals surface area contributed by atoms with Crippen LogP contribution in [-0.2, 0) is 58.2 Å².